The molecule has 0 rings (SSSR count). The molecule has 0 saturated carbocycles. The molecule has 102 valence electrons. The molecule has 3 nitrogen and oxygen atoms in total. The van der Waals surface area contributed by atoms with Crippen molar-refractivity contribution in [2.24, 2.45) is 0 Å². The summed E-state index contributed by atoms with van der Waals surface area (Å²) in [5, 5.41) is 0. The summed E-state index contributed by atoms with van der Waals surface area (Å²) in [6.45, 7) is 3.70. The number of hydrogen-bond donors (Lipinski definition) is 0. The Balaban J connectivity index is 4.75. The molecule has 0 radical (unpaired) electrons. The van der Waals surface area contributed by atoms with Crippen LogP contribution in [0.15, 0.2) is 11.8 Å². The summed E-state index contributed by atoms with van der Waals surface area (Å²) in [7, 11) is -5.53. The van der Waals surface area contributed by atoms with Gasteiger partial charge in [-0.05, 0) is 18.9 Å². The molecule has 17 heavy (non-hydrogen) atoms. The Bertz CT molecular complexity index is 344. The van der Waals surface area contributed by atoms with Crippen LogP contribution in [0.2, 0.25) is 0 Å². The van der Waals surface area contributed by atoms with Crippen molar-refractivity contribution in [2.45, 2.75) is 51.5 Å². The van der Waals surface area contributed by atoms with Gasteiger partial charge in [-0.3, -0.25) is 0 Å². The van der Waals surface area contributed by atoms with E-state index in [0.717, 1.165) is 6.42 Å². The Hall–Kier alpha value is -0.720. The molecule has 0 aliphatic rings. The highest BCUT2D eigenvalue weighted by molar-refractivity contribution is 7.87. The molecule has 0 amide bonds. The summed E-state index contributed by atoms with van der Waals surface area (Å²) in [6, 6.07) is 0. The van der Waals surface area contributed by atoms with E-state index in [-0.39, 0.29) is 12.2 Å². The number of halogens is 3. The Kier molecular flexibility index (Phi) is 6.59. The van der Waals surface area contributed by atoms with E-state index < -0.39 is 15.6 Å². The quantitative estimate of drug-likeness (QED) is 0.403. The van der Waals surface area contributed by atoms with E-state index in [4.69, 9.17) is 0 Å². The third-order valence-corrected chi connectivity index (χ3v) is 2.94. The van der Waals surface area contributed by atoms with Crippen molar-refractivity contribution in [1.29, 1.82) is 0 Å². The second kappa shape index (κ2) is 6.88. The first-order chi connectivity index (χ1) is 7.74. The standard InChI is InChI=1S/C10H17F3O3S/c1-3-5-7-9(8-6-4-2)16-17(14,15)10(11,12)13/h7H,3-6,8H2,1-2H3/b9-7-. The number of alkyl halides is 3. The van der Waals surface area contributed by atoms with Gasteiger partial charge in [-0.25, -0.2) is 0 Å². The average molecular weight is 274 g/mol. The number of allylic oxidation sites excluding steroid dienone is 2. The minimum Gasteiger partial charge on any atom is -0.381 e. The lowest BCUT2D eigenvalue weighted by molar-refractivity contribution is -0.0523. The lowest BCUT2D eigenvalue weighted by Gasteiger charge is -2.12. The van der Waals surface area contributed by atoms with Gasteiger partial charge >= 0.3 is 15.6 Å². The molecule has 0 atom stereocenters. The molecule has 7 heteroatoms. The molecule has 0 bridgehead atoms. The van der Waals surface area contributed by atoms with E-state index in [0.29, 0.717) is 19.3 Å². The Morgan fingerprint density at radius 1 is 1.24 bits per heavy atom. The first kappa shape index (κ1) is 16.3. The number of rotatable bonds is 7. The van der Waals surface area contributed by atoms with E-state index in [9.17, 15) is 21.6 Å². The average Bonchev–Trinajstić information content (AvgIpc) is 2.20. The van der Waals surface area contributed by atoms with Gasteiger partial charge in [-0.15, -0.1) is 0 Å². The summed E-state index contributed by atoms with van der Waals surface area (Å²) in [5.41, 5.74) is -5.37. The highest BCUT2D eigenvalue weighted by atomic mass is 32.2. The number of hydrogen-bond acceptors (Lipinski definition) is 3. The topological polar surface area (TPSA) is 43.4 Å². The summed E-state index contributed by atoms with van der Waals surface area (Å²) in [6.07, 6.45) is 4.14. The molecule has 0 aromatic heterocycles. The van der Waals surface area contributed by atoms with Crippen molar-refractivity contribution in [2.75, 3.05) is 0 Å². The van der Waals surface area contributed by atoms with Crippen molar-refractivity contribution in [3.63, 3.8) is 0 Å². The highest BCUT2D eigenvalue weighted by Crippen LogP contribution is 2.28. The third-order valence-electron chi connectivity index (χ3n) is 1.94. The maximum absolute atomic E-state index is 12.1. The van der Waals surface area contributed by atoms with Gasteiger partial charge in [0, 0.05) is 6.42 Å². The minimum absolute atomic E-state index is 0.119. The van der Waals surface area contributed by atoms with Crippen LogP contribution in [-0.2, 0) is 14.3 Å². The molecule has 0 aliphatic carbocycles. The van der Waals surface area contributed by atoms with Crippen molar-refractivity contribution in [1.82, 2.24) is 0 Å². The summed E-state index contributed by atoms with van der Waals surface area (Å²) in [4.78, 5) is 0. The van der Waals surface area contributed by atoms with Crippen molar-refractivity contribution >= 4 is 10.1 Å². The molecule has 0 aromatic carbocycles. The van der Waals surface area contributed by atoms with Crippen LogP contribution in [0.25, 0.3) is 0 Å². The second-order valence-corrected chi connectivity index (χ2v) is 5.08. The van der Waals surface area contributed by atoms with Crippen molar-refractivity contribution in [3.8, 4) is 0 Å². The van der Waals surface area contributed by atoms with Crippen LogP contribution >= 0.6 is 0 Å². The summed E-state index contributed by atoms with van der Waals surface area (Å²) < 4.78 is 62.0. The molecule has 0 N–H and O–H groups in total. The molecule has 0 aromatic rings. The fourth-order valence-electron chi connectivity index (χ4n) is 1.02. The third kappa shape index (κ3) is 5.95. The fraction of sp³-hybridized carbons (Fsp3) is 0.800. The molecule has 0 unspecified atom stereocenters. The zero-order chi connectivity index (χ0) is 13.5. The molecular weight excluding hydrogens is 257 g/mol. The monoisotopic (exact) mass is 274 g/mol. The SMILES string of the molecule is CCC/C=C(/CCCC)OS(=O)(=O)C(F)(F)F. The summed E-state index contributed by atoms with van der Waals surface area (Å²) in [5.74, 6) is -0.119. The van der Waals surface area contributed by atoms with Crippen LogP contribution in [0.4, 0.5) is 13.2 Å². The van der Waals surface area contributed by atoms with Crippen LogP contribution in [0.5, 0.6) is 0 Å². The predicted molar refractivity (Wildman–Crippen MR) is 58.6 cm³/mol. The van der Waals surface area contributed by atoms with Crippen molar-refractivity contribution in [3.05, 3.63) is 11.8 Å². The zero-order valence-corrected chi connectivity index (χ0v) is 10.7. The van der Waals surface area contributed by atoms with Gasteiger partial charge in [0.05, 0.1) is 0 Å². The van der Waals surface area contributed by atoms with E-state index in [2.05, 4.69) is 4.18 Å². The Morgan fingerprint density at radius 2 is 1.82 bits per heavy atom. The van der Waals surface area contributed by atoms with Crippen LogP contribution in [0.3, 0.4) is 0 Å². The molecule has 0 saturated heterocycles. The van der Waals surface area contributed by atoms with E-state index in [1.165, 1.54) is 6.08 Å². The van der Waals surface area contributed by atoms with Crippen LogP contribution in [-0.4, -0.2) is 13.9 Å². The zero-order valence-electron chi connectivity index (χ0n) is 9.88. The first-order valence-corrected chi connectivity index (χ1v) is 6.85. The maximum Gasteiger partial charge on any atom is 0.534 e. The van der Waals surface area contributed by atoms with Gasteiger partial charge in [0.2, 0.25) is 0 Å². The lowest BCUT2D eigenvalue weighted by Crippen LogP contribution is -2.25. The summed E-state index contributed by atoms with van der Waals surface area (Å²) >= 11 is 0. The van der Waals surface area contributed by atoms with Crippen LogP contribution in [0.1, 0.15) is 46.0 Å². The van der Waals surface area contributed by atoms with E-state index >= 15 is 0 Å². The molecule has 0 spiro atoms. The smallest absolute Gasteiger partial charge is 0.381 e. The molecule has 0 heterocycles. The molecule has 0 aliphatic heterocycles. The first-order valence-electron chi connectivity index (χ1n) is 5.44. The Morgan fingerprint density at radius 3 is 2.24 bits per heavy atom. The van der Waals surface area contributed by atoms with Gasteiger partial charge in [-0.1, -0.05) is 26.7 Å². The maximum atomic E-state index is 12.1. The van der Waals surface area contributed by atoms with Crippen LogP contribution < -0.4 is 0 Å². The molecular formula is C10H17F3O3S. The van der Waals surface area contributed by atoms with Gasteiger partial charge in [-0.2, -0.15) is 21.6 Å². The van der Waals surface area contributed by atoms with E-state index in [1.807, 2.05) is 13.8 Å². The fourth-order valence-corrected chi connectivity index (χ4v) is 1.55. The number of unbranched alkanes of at least 4 members (excludes halogenated alkanes) is 2. The largest absolute Gasteiger partial charge is 0.534 e. The van der Waals surface area contributed by atoms with Gasteiger partial charge in [0.15, 0.2) is 0 Å². The van der Waals surface area contributed by atoms with E-state index in [1.54, 1.807) is 0 Å². The van der Waals surface area contributed by atoms with Crippen molar-refractivity contribution < 1.29 is 25.8 Å². The molecule has 0 fully saturated rings. The second-order valence-electron chi connectivity index (χ2n) is 3.55. The lowest BCUT2D eigenvalue weighted by atomic mass is 10.2. The van der Waals surface area contributed by atoms with Gasteiger partial charge in [0.25, 0.3) is 0 Å². The highest BCUT2D eigenvalue weighted by Gasteiger charge is 2.48. The minimum atomic E-state index is -5.53. The Labute approximate surface area is 99.8 Å². The normalized spacial score (nSPS) is 13.8. The van der Waals surface area contributed by atoms with Gasteiger partial charge < -0.3 is 4.18 Å². The predicted octanol–water partition coefficient (Wildman–Crippen LogP) is 3.73. The van der Waals surface area contributed by atoms with Gasteiger partial charge in [0.1, 0.15) is 5.76 Å². The van der Waals surface area contributed by atoms with Crippen LogP contribution in [0, 0.1) is 0 Å².